The van der Waals surface area contributed by atoms with Gasteiger partial charge in [-0.1, -0.05) is 0 Å². The monoisotopic (exact) mass is 390 g/mol. The second kappa shape index (κ2) is 7.02. The van der Waals surface area contributed by atoms with Gasteiger partial charge in [0.15, 0.2) is 0 Å². The van der Waals surface area contributed by atoms with E-state index >= 15 is 0 Å². The quantitative estimate of drug-likeness (QED) is 0.763. The molecule has 0 atom stereocenters. The molecular weight excluding hydrogens is 373 g/mol. The van der Waals surface area contributed by atoms with Crippen molar-refractivity contribution in [2.75, 3.05) is 11.3 Å². The summed E-state index contributed by atoms with van der Waals surface area (Å²) in [5, 5.41) is 0. The summed E-state index contributed by atoms with van der Waals surface area (Å²) in [4.78, 5) is 14.4. The molecule has 0 radical (unpaired) electrons. The maximum absolute atomic E-state index is 12.6. The fraction of sp³-hybridized carbons (Fsp3) is 0.312. The van der Waals surface area contributed by atoms with Gasteiger partial charge in [0.2, 0.25) is 0 Å². The average Bonchev–Trinajstić information content (AvgIpc) is 2.82. The van der Waals surface area contributed by atoms with E-state index in [4.69, 9.17) is 4.74 Å². The molecule has 2 aromatic rings. The van der Waals surface area contributed by atoms with E-state index in [1.165, 1.54) is 13.8 Å². The number of H-pyrrole nitrogens is 1. The molecule has 1 aromatic carbocycles. The number of carbonyl (C=O) groups excluding carboxylic acids is 1. The summed E-state index contributed by atoms with van der Waals surface area (Å²) in [6.07, 6.45) is -4.51. The minimum Gasteiger partial charge on any atom is -0.461 e. The summed E-state index contributed by atoms with van der Waals surface area (Å²) >= 11 is 0. The Morgan fingerprint density at radius 2 is 1.77 bits per heavy atom. The molecule has 0 aliphatic rings. The molecule has 0 fully saturated rings. The number of ether oxygens (including phenoxy) is 1. The van der Waals surface area contributed by atoms with Gasteiger partial charge in [0.25, 0.3) is 10.0 Å². The van der Waals surface area contributed by atoms with Crippen LogP contribution in [0.25, 0.3) is 0 Å². The van der Waals surface area contributed by atoms with Gasteiger partial charge in [-0.3, -0.25) is 4.72 Å². The predicted molar refractivity (Wildman–Crippen MR) is 88.5 cm³/mol. The van der Waals surface area contributed by atoms with Gasteiger partial charge < -0.3 is 9.72 Å². The van der Waals surface area contributed by atoms with Crippen molar-refractivity contribution < 1.29 is 31.1 Å². The van der Waals surface area contributed by atoms with Crippen LogP contribution in [0.3, 0.4) is 0 Å². The van der Waals surface area contributed by atoms with E-state index in [2.05, 4.69) is 9.71 Å². The van der Waals surface area contributed by atoms with Gasteiger partial charge >= 0.3 is 12.1 Å². The van der Waals surface area contributed by atoms with Crippen molar-refractivity contribution in [3.05, 3.63) is 46.8 Å². The number of alkyl halides is 3. The molecule has 2 N–H and O–H groups in total. The van der Waals surface area contributed by atoms with Crippen LogP contribution in [0.1, 0.15) is 34.2 Å². The number of carbonyl (C=O) groups is 1. The summed E-state index contributed by atoms with van der Waals surface area (Å²) in [5.74, 6) is -0.691. The highest BCUT2D eigenvalue weighted by Gasteiger charge is 2.31. The molecule has 1 aromatic heterocycles. The zero-order chi connectivity index (χ0) is 19.7. The highest BCUT2D eigenvalue weighted by atomic mass is 32.2. The van der Waals surface area contributed by atoms with Crippen molar-refractivity contribution in [1.29, 1.82) is 0 Å². The van der Waals surface area contributed by atoms with Gasteiger partial charge in [0.1, 0.15) is 10.6 Å². The number of hydrogen-bond donors (Lipinski definition) is 2. The molecule has 142 valence electrons. The number of rotatable bonds is 5. The van der Waals surface area contributed by atoms with Crippen LogP contribution in [-0.4, -0.2) is 26.0 Å². The van der Waals surface area contributed by atoms with Crippen LogP contribution in [-0.2, 0) is 20.9 Å². The number of halogens is 3. The van der Waals surface area contributed by atoms with Gasteiger partial charge in [-0.2, -0.15) is 13.2 Å². The lowest BCUT2D eigenvalue weighted by Crippen LogP contribution is -2.15. The number of sulfonamides is 1. The van der Waals surface area contributed by atoms with Crippen LogP contribution in [0.15, 0.2) is 29.2 Å². The summed E-state index contributed by atoms with van der Waals surface area (Å²) in [6.45, 7) is 4.66. The SMILES string of the molecule is CCOC(=O)c1[nH]c(C)c(S(=O)(=O)Nc2ccc(C(F)(F)F)cc2)c1C. The van der Waals surface area contributed by atoms with Crippen molar-refractivity contribution in [3.63, 3.8) is 0 Å². The summed E-state index contributed by atoms with van der Waals surface area (Å²) < 4.78 is 70.0. The van der Waals surface area contributed by atoms with Crippen LogP contribution in [0, 0.1) is 13.8 Å². The first-order chi connectivity index (χ1) is 12.0. The fourth-order valence-corrected chi connectivity index (χ4v) is 3.98. The topological polar surface area (TPSA) is 88.3 Å². The van der Waals surface area contributed by atoms with Crippen LogP contribution in [0.5, 0.6) is 0 Å². The Labute approximate surface area is 148 Å². The van der Waals surface area contributed by atoms with Gasteiger partial charge in [0.05, 0.1) is 12.2 Å². The number of aryl methyl sites for hydroxylation is 1. The summed E-state index contributed by atoms with van der Waals surface area (Å²) in [5.41, 5.74) is -0.530. The maximum atomic E-state index is 12.6. The molecule has 0 spiro atoms. The molecule has 1 heterocycles. The Hall–Kier alpha value is -2.49. The Bertz CT molecular complexity index is 916. The molecule has 0 unspecified atom stereocenters. The third-order valence-corrected chi connectivity index (χ3v) is 5.24. The maximum Gasteiger partial charge on any atom is 0.416 e. The number of esters is 1. The van der Waals surface area contributed by atoms with Crippen molar-refractivity contribution >= 4 is 21.7 Å². The third-order valence-electron chi connectivity index (χ3n) is 3.58. The van der Waals surface area contributed by atoms with E-state index in [1.54, 1.807) is 6.92 Å². The number of nitrogens with one attached hydrogen (secondary N) is 2. The van der Waals surface area contributed by atoms with E-state index in [9.17, 15) is 26.4 Å². The van der Waals surface area contributed by atoms with Gasteiger partial charge in [0, 0.05) is 16.9 Å². The lowest BCUT2D eigenvalue weighted by atomic mass is 10.2. The third kappa shape index (κ3) is 4.01. The highest BCUT2D eigenvalue weighted by Crippen LogP contribution is 2.31. The zero-order valence-electron chi connectivity index (χ0n) is 14.2. The second-order valence-electron chi connectivity index (χ2n) is 5.48. The van der Waals surface area contributed by atoms with Crippen molar-refractivity contribution in [2.45, 2.75) is 31.8 Å². The molecule has 0 saturated heterocycles. The standard InChI is InChI=1S/C16H17F3N2O4S/c1-4-25-15(22)13-9(2)14(10(3)20-13)26(23,24)21-12-7-5-11(6-8-12)16(17,18)19/h5-8,20-21H,4H2,1-3H3. The minimum atomic E-state index is -4.51. The van der Waals surface area contributed by atoms with Crippen LogP contribution < -0.4 is 4.72 Å². The molecule has 6 nitrogen and oxygen atoms in total. The summed E-state index contributed by atoms with van der Waals surface area (Å²) in [6, 6.07) is 3.59. The fourth-order valence-electron chi connectivity index (χ4n) is 2.48. The van der Waals surface area contributed by atoms with E-state index in [0.717, 1.165) is 24.3 Å². The van der Waals surface area contributed by atoms with Crippen molar-refractivity contribution in [2.24, 2.45) is 0 Å². The molecular formula is C16H17F3N2O4S. The molecule has 0 bridgehead atoms. The first-order valence-electron chi connectivity index (χ1n) is 7.53. The van der Waals surface area contributed by atoms with Crippen molar-refractivity contribution in [1.82, 2.24) is 4.98 Å². The molecule has 10 heteroatoms. The number of aromatic amines is 1. The molecule has 0 amide bonds. The van der Waals surface area contributed by atoms with Crippen molar-refractivity contribution in [3.8, 4) is 0 Å². The average molecular weight is 390 g/mol. The van der Waals surface area contributed by atoms with Crippen LogP contribution in [0.4, 0.5) is 18.9 Å². The molecule has 2 rings (SSSR count). The first-order valence-corrected chi connectivity index (χ1v) is 9.02. The zero-order valence-corrected chi connectivity index (χ0v) is 15.0. The van der Waals surface area contributed by atoms with Gasteiger partial charge in [-0.25, -0.2) is 13.2 Å². The largest absolute Gasteiger partial charge is 0.461 e. The normalized spacial score (nSPS) is 12.1. The van der Waals surface area contributed by atoms with E-state index < -0.39 is 27.7 Å². The second-order valence-corrected chi connectivity index (χ2v) is 7.10. The lowest BCUT2D eigenvalue weighted by molar-refractivity contribution is -0.137. The molecule has 26 heavy (non-hydrogen) atoms. The number of aromatic nitrogens is 1. The molecule has 0 saturated carbocycles. The number of benzene rings is 1. The Kier molecular flexibility index (Phi) is 5.36. The minimum absolute atomic E-state index is 0.0112. The van der Waals surface area contributed by atoms with E-state index in [0.29, 0.717) is 0 Å². The number of hydrogen-bond acceptors (Lipinski definition) is 4. The number of anilines is 1. The van der Waals surface area contributed by atoms with E-state index in [-0.39, 0.29) is 34.1 Å². The van der Waals surface area contributed by atoms with Crippen LogP contribution in [0.2, 0.25) is 0 Å². The van der Waals surface area contributed by atoms with Gasteiger partial charge in [-0.15, -0.1) is 0 Å². The first kappa shape index (κ1) is 19.8. The Morgan fingerprint density at radius 3 is 2.27 bits per heavy atom. The smallest absolute Gasteiger partial charge is 0.416 e. The summed E-state index contributed by atoms with van der Waals surface area (Å²) in [7, 11) is -4.12. The Balaban J connectivity index is 2.35. The Morgan fingerprint density at radius 1 is 1.19 bits per heavy atom. The van der Waals surface area contributed by atoms with Gasteiger partial charge in [-0.05, 0) is 45.0 Å². The van der Waals surface area contributed by atoms with E-state index in [1.807, 2.05) is 0 Å². The molecule has 0 aliphatic carbocycles. The molecule has 0 aliphatic heterocycles. The predicted octanol–water partition coefficient (Wildman–Crippen LogP) is 3.63. The highest BCUT2D eigenvalue weighted by molar-refractivity contribution is 7.92. The van der Waals surface area contributed by atoms with Crippen LogP contribution >= 0.6 is 0 Å². The lowest BCUT2D eigenvalue weighted by Gasteiger charge is -2.11.